The highest BCUT2D eigenvalue weighted by Gasteiger charge is 1.98. The minimum Gasteiger partial charge on any atom is -0.381 e. The summed E-state index contributed by atoms with van der Waals surface area (Å²) in [4.78, 5) is 0. The second kappa shape index (κ2) is 5.33. The molecule has 2 rings (SSSR count). The number of hydrogen-bond acceptors (Lipinski definition) is 2. The lowest BCUT2D eigenvalue weighted by atomic mass is 10.1. The number of anilines is 1. The number of nitriles is 1. The van der Waals surface area contributed by atoms with Gasteiger partial charge in [-0.05, 0) is 48.4 Å². The van der Waals surface area contributed by atoms with Crippen LogP contribution in [0.15, 0.2) is 42.5 Å². The van der Waals surface area contributed by atoms with E-state index in [9.17, 15) is 4.39 Å². The minimum atomic E-state index is -0.239. The summed E-state index contributed by atoms with van der Waals surface area (Å²) < 4.78 is 13.2. The van der Waals surface area contributed by atoms with Gasteiger partial charge in [-0.15, -0.1) is 0 Å². The predicted octanol–water partition coefficient (Wildman–Crippen LogP) is 3.62. The van der Waals surface area contributed by atoms with E-state index >= 15 is 0 Å². The minimum absolute atomic E-state index is 0.239. The predicted molar refractivity (Wildman–Crippen MR) is 69.6 cm³/mol. The van der Waals surface area contributed by atoms with Crippen LogP contribution < -0.4 is 5.32 Å². The van der Waals surface area contributed by atoms with E-state index in [1.165, 1.54) is 12.1 Å². The van der Waals surface area contributed by atoms with Gasteiger partial charge in [0.1, 0.15) is 5.82 Å². The van der Waals surface area contributed by atoms with Gasteiger partial charge in [0.25, 0.3) is 0 Å². The van der Waals surface area contributed by atoms with Crippen LogP contribution in [0, 0.1) is 24.1 Å². The van der Waals surface area contributed by atoms with Crippen LogP contribution in [-0.2, 0) is 6.54 Å². The van der Waals surface area contributed by atoms with Crippen molar-refractivity contribution in [2.45, 2.75) is 13.5 Å². The van der Waals surface area contributed by atoms with Crippen LogP contribution in [0.1, 0.15) is 16.7 Å². The maximum absolute atomic E-state index is 13.2. The zero-order valence-electron chi connectivity index (χ0n) is 10.1. The molecule has 0 saturated carbocycles. The van der Waals surface area contributed by atoms with Crippen LogP contribution >= 0.6 is 0 Å². The van der Waals surface area contributed by atoms with E-state index in [1.807, 2.05) is 25.1 Å². The van der Waals surface area contributed by atoms with Gasteiger partial charge in [0.2, 0.25) is 0 Å². The SMILES string of the molecule is Cc1cc(F)cc(NCc2ccc(C#N)cc2)c1. The van der Waals surface area contributed by atoms with E-state index in [0.29, 0.717) is 12.1 Å². The Morgan fingerprint density at radius 1 is 1.17 bits per heavy atom. The highest BCUT2D eigenvalue weighted by Crippen LogP contribution is 2.14. The standard InChI is InChI=1S/C15H13FN2/c1-11-6-14(16)8-15(7-11)18-10-13-4-2-12(9-17)3-5-13/h2-8,18H,10H2,1H3. The molecule has 2 aromatic rings. The third kappa shape index (κ3) is 3.08. The normalized spacial score (nSPS) is 9.83. The molecule has 0 heterocycles. The van der Waals surface area contributed by atoms with Gasteiger partial charge in [-0.2, -0.15) is 5.26 Å². The Hall–Kier alpha value is -2.34. The lowest BCUT2D eigenvalue weighted by Gasteiger charge is -2.07. The molecule has 0 radical (unpaired) electrons. The molecule has 0 fully saturated rings. The fraction of sp³-hybridized carbons (Fsp3) is 0.133. The van der Waals surface area contributed by atoms with E-state index in [0.717, 1.165) is 16.8 Å². The van der Waals surface area contributed by atoms with E-state index in [-0.39, 0.29) is 5.82 Å². The Balaban J connectivity index is 2.04. The Morgan fingerprint density at radius 2 is 1.89 bits per heavy atom. The molecule has 0 unspecified atom stereocenters. The van der Waals surface area contributed by atoms with Crippen LogP contribution in [0.25, 0.3) is 0 Å². The van der Waals surface area contributed by atoms with Gasteiger partial charge in [-0.1, -0.05) is 12.1 Å². The molecule has 2 aromatic carbocycles. The third-order valence-corrected chi connectivity index (χ3v) is 2.62. The molecule has 0 aliphatic rings. The van der Waals surface area contributed by atoms with Gasteiger partial charge in [0.15, 0.2) is 0 Å². The number of nitrogens with zero attached hydrogens (tertiary/aromatic N) is 1. The molecule has 3 heteroatoms. The maximum Gasteiger partial charge on any atom is 0.125 e. The van der Waals surface area contributed by atoms with Crippen molar-refractivity contribution in [1.82, 2.24) is 0 Å². The molecule has 0 spiro atoms. The summed E-state index contributed by atoms with van der Waals surface area (Å²) in [6, 6.07) is 14.2. The third-order valence-electron chi connectivity index (χ3n) is 2.62. The van der Waals surface area contributed by atoms with Crippen molar-refractivity contribution in [2.24, 2.45) is 0 Å². The summed E-state index contributed by atoms with van der Waals surface area (Å²) in [5.41, 5.74) is 3.34. The summed E-state index contributed by atoms with van der Waals surface area (Å²) in [5.74, 6) is -0.239. The zero-order valence-corrected chi connectivity index (χ0v) is 10.1. The maximum atomic E-state index is 13.2. The number of benzene rings is 2. The fourth-order valence-electron chi connectivity index (χ4n) is 1.74. The van der Waals surface area contributed by atoms with Crippen molar-refractivity contribution < 1.29 is 4.39 Å². The van der Waals surface area contributed by atoms with Crippen molar-refractivity contribution in [3.8, 4) is 6.07 Å². The highest BCUT2D eigenvalue weighted by molar-refractivity contribution is 5.46. The summed E-state index contributed by atoms with van der Waals surface area (Å²) in [6.45, 7) is 2.46. The molecule has 0 bridgehead atoms. The second-order valence-electron chi connectivity index (χ2n) is 4.18. The van der Waals surface area contributed by atoms with Gasteiger partial charge < -0.3 is 5.32 Å². The van der Waals surface area contributed by atoms with E-state index in [1.54, 1.807) is 12.1 Å². The molecule has 0 aromatic heterocycles. The van der Waals surface area contributed by atoms with Crippen LogP contribution in [0.4, 0.5) is 10.1 Å². The van der Waals surface area contributed by atoms with Crippen molar-refractivity contribution >= 4 is 5.69 Å². The molecular weight excluding hydrogens is 227 g/mol. The van der Waals surface area contributed by atoms with Gasteiger partial charge >= 0.3 is 0 Å². The number of aryl methyl sites for hydroxylation is 1. The first-order chi connectivity index (χ1) is 8.67. The summed E-state index contributed by atoms with van der Waals surface area (Å²) in [6.07, 6.45) is 0. The van der Waals surface area contributed by atoms with Crippen LogP contribution in [-0.4, -0.2) is 0 Å². The summed E-state index contributed by atoms with van der Waals surface area (Å²) >= 11 is 0. The van der Waals surface area contributed by atoms with E-state index in [4.69, 9.17) is 5.26 Å². The molecule has 90 valence electrons. The first kappa shape index (κ1) is 12.1. The lowest BCUT2D eigenvalue weighted by molar-refractivity contribution is 0.627. The van der Waals surface area contributed by atoms with E-state index in [2.05, 4.69) is 11.4 Å². The van der Waals surface area contributed by atoms with E-state index < -0.39 is 0 Å². The number of hydrogen-bond donors (Lipinski definition) is 1. The monoisotopic (exact) mass is 240 g/mol. The lowest BCUT2D eigenvalue weighted by Crippen LogP contribution is -2.00. The van der Waals surface area contributed by atoms with Crippen molar-refractivity contribution in [3.05, 3.63) is 65.0 Å². The molecule has 0 aliphatic carbocycles. The smallest absolute Gasteiger partial charge is 0.125 e. The first-order valence-corrected chi connectivity index (χ1v) is 5.67. The Kier molecular flexibility index (Phi) is 3.59. The molecule has 2 nitrogen and oxygen atoms in total. The van der Waals surface area contributed by atoms with Gasteiger partial charge in [-0.3, -0.25) is 0 Å². The number of nitrogens with one attached hydrogen (secondary N) is 1. The second-order valence-corrected chi connectivity index (χ2v) is 4.18. The molecule has 1 N–H and O–H groups in total. The largest absolute Gasteiger partial charge is 0.381 e. The Labute approximate surface area is 106 Å². The molecular formula is C15H13FN2. The zero-order chi connectivity index (χ0) is 13.0. The van der Waals surface area contributed by atoms with Gasteiger partial charge in [-0.25, -0.2) is 4.39 Å². The molecule has 18 heavy (non-hydrogen) atoms. The first-order valence-electron chi connectivity index (χ1n) is 5.67. The molecule has 0 aliphatic heterocycles. The average molecular weight is 240 g/mol. The molecule has 0 amide bonds. The quantitative estimate of drug-likeness (QED) is 0.889. The molecule has 0 atom stereocenters. The topological polar surface area (TPSA) is 35.8 Å². The highest BCUT2D eigenvalue weighted by atomic mass is 19.1. The summed E-state index contributed by atoms with van der Waals surface area (Å²) in [7, 11) is 0. The number of rotatable bonds is 3. The van der Waals surface area contributed by atoms with Crippen LogP contribution in [0.2, 0.25) is 0 Å². The Bertz CT molecular complexity index is 562. The molecule has 0 saturated heterocycles. The number of halogens is 1. The van der Waals surface area contributed by atoms with Gasteiger partial charge in [0, 0.05) is 12.2 Å². The van der Waals surface area contributed by atoms with Crippen LogP contribution in [0.3, 0.4) is 0 Å². The van der Waals surface area contributed by atoms with Crippen molar-refractivity contribution in [1.29, 1.82) is 5.26 Å². The van der Waals surface area contributed by atoms with Gasteiger partial charge in [0.05, 0.1) is 11.6 Å². The Morgan fingerprint density at radius 3 is 2.50 bits per heavy atom. The van der Waals surface area contributed by atoms with Crippen molar-refractivity contribution in [3.63, 3.8) is 0 Å². The average Bonchev–Trinajstić information content (AvgIpc) is 2.36. The fourth-order valence-corrected chi connectivity index (χ4v) is 1.74. The van der Waals surface area contributed by atoms with Crippen LogP contribution in [0.5, 0.6) is 0 Å². The van der Waals surface area contributed by atoms with Crippen molar-refractivity contribution in [2.75, 3.05) is 5.32 Å². The summed E-state index contributed by atoms with van der Waals surface area (Å²) in [5, 5.41) is 11.8.